The number of carbonyl (C=O) groups is 2. The lowest BCUT2D eigenvalue weighted by Gasteiger charge is -2.33. The van der Waals surface area contributed by atoms with E-state index in [-0.39, 0.29) is 18.0 Å². The predicted octanol–water partition coefficient (Wildman–Crippen LogP) is 5.61. The van der Waals surface area contributed by atoms with E-state index in [4.69, 9.17) is 9.47 Å². The highest BCUT2D eigenvalue weighted by Crippen LogP contribution is 2.22. The molecule has 2 N–H and O–H groups in total. The largest absolute Gasteiger partial charge is 0.444 e. The second kappa shape index (κ2) is 11.2. The highest BCUT2D eigenvalue weighted by atomic mass is 16.6. The molecule has 0 bridgehead atoms. The van der Waals surface area contributed by atoms with E-state index in [1.54, 1.807) is 4.90 Å². The predicted molar refractivity (Wildman–Crippen MR) is 141 cm³/mol. The van der Waals surface area contributed by atoms with Crippen molar-refractivity contribution < 1.29 is 19.1 Å². The van der Waals surface area contributed by atoms with Gasteiger partial charge in [-0.25, -0.2) is 4.79 Å². The minimum Gasteiger partial charge on any atom is -0.444 e. The van der Waals surface area contributed by atoms with Gasteiger partial charge in [0.05, 0.1) is 12.6 Å². The fourth-order valence-corrected chi connectivity index (χ4v) is 4.52. The second-order valence-electron chi connectivity index (χ2n) is 10.6. The van der Waals surface area contributed by atoms with Crippen molar-refractivity contribution in [1.82, 2.24) is 15.2 Å². The molecule has 0 radical (unpaired) electrons. The summed E-state index contributed by atoms with van der Waals surface area (Å²) < 4.78 is 11.6. The monoisotopic (exact) mass is 491 g/mol. The Morgan fingerprint density at radius 1 is 1.11 bits per heavy atom. The maximum absolute atomic E-state index is 13.1. The number of hydrogen-bond donors (Lipinski definition) is 2. The fourth-order valence-electron chi connectivity index (χ4n) is 4.52. The fraction of sp³-hybridized carbons (Fsp3) is 0.448. The standard InChI is InChI=1S/C29H37N3O4/c1-20-17-30-25-16-23(10-11-24(20)25)27(33)31-26(22-8-6-5-7-9-22)19-35-18-21-12-14-32(15-13-21)28(34)36-29(2,3)4/h5-11,16-17,21,26,30H,12-15,18-19H2,1-4H3,(H,31,33). The summed E-state index contributed by atoms with van der Waals surface area (Å²) in [5.74, 6) is 0.238. The number of nitrogens with one attached hydrogen (secondary N) is 2. The molecule has 1 unspecified atom stereocenters. The number of aryl methyl sites for hydroxylation is 1. The Kier molecular flexibility index (Phi) is 7.99. The van der Waals surface area contributed by atoms with Gasteiger partial charge in [0, 0.05) is 42.4 Å². The van der Waals surface area contributed by atoms with Crippen LogP contribution >= 0.6 is 0 Å². The van der Waals surface area contributed by atoms with E-state index in [2.05, 4.69) is 10.3 Å². The Bertz CT molecular complexity index is 1170. The summed E-state index contributed by atoms with van der Waals surface area (Å²) in [4.78, 5) is 30.4. The van der Waals surface area contributed by atoms with E-state index in [1.807, 2.05) is 82.4 Å². The van der Waals surface area contributed by atoms with E-state index in [9.17, 15) is 9.59 Å². The first-order chi connectivity index (χ1) is 17.2. The van der Waals surface area contributed by atoms with Crippen LogP contribution in [0.1, 0.15) is 61.1 Å². The van der Waals surface area contributed by atoms with Gasteiger partial charge in [-0.05, 0) is 69.7 Å². The lowest BCUT2D eigenvalue weighted by atomic mass is 9.98. The molecule has 0 saturated carbocycles. The molecule has 1 aliphatic rings. The van der Waals surface area contributed by atoms with Crippen LogP contribution in [0, 0.1) is 12.8 Å². The van der Waals surface area contributed by atoms with Gasteiger partial charge in [0.25, 0.3) is 5.91 Å². The molecule has 192 valence electrons. The minimum atomic E-state index is -0.486. The second-order valence-corrected chi connectivity index (χ2v) is 10.6. The van der Waals surface area contributed by atoms with Crippen LogP contribution in [0.5, 0.6) is 0 Å². The summed E-state index contributed by atoms with van der Waals surface area (Å²) in [6, 6.07) is 15.4. The molecular formula is C29H37N3O4. The molecule has 36 heavy (non-hydrogen) atoms. The van der Waals surface area contributed by atoms with Gasteiger partial charge in [-0.15, -0.1) is 0 Å². The van der Waals surface area contributed by atoms with Gasteiger partial charge in [-0.3, -0.25) is 4.79 Å². The Labute approximate surface area is 213 Å². The Hall–Kier alpha value is -3.32. The van der Waals surface area contributed by atoms with Gasteiger partial charge in [0.15, 0.2) is 0 Å². The molecule has 2 heterocycles. The molecule has 1 fully saturated rings. The lowest BCUT2D eigenvalue weighted by Crippen LogP contribution is -2.42. The number of likely N-dealkylation sites (tertiary alicyclic amines) is 1. The third kappa shape index (κ3) is 6.66. The van der Waals surface area contributed by atoms with Crippen LogP contribution in [-0.2, 0) is 9.47 Å². The highest BCUT2D eigenvalue weighted by molar-refractivity contribution is 5.98. The zero-order valence-corrected chi connectivity index (χ0v) is 21.7. The molecule has 3 aromatic rings. The van der Waals surface area contributed by atoms with E-state index in [0.29, 0.717) is 37.8 Å². The first kappa shape index (κ1) is 25.8. The number of piperidine rings is 1. The van der Waals surface area contributed by atoms with Crippen molar-refractivity contribution in [3.05, 3.63) is 71.4 Å². The number of hydrogen-bond acceptors (Lipinski definition) is 4. The number of rotatable bonds is 7. The molecule has 7 nitrogen and oxygen atoms in total. The summed E-state index contributed by atoms with van der Waals surface area (Å²) in [7, 11) is 0. The van der Waals surface area contributed by atoms with E-state index in [1.165, 1.54) is 0 Å². The van der Waals surface area contributed by atoms with Gasteiger partial charge < -0.3 is 24.7 Å². The maximum Gasteiger partial charge on any atom is 0.410 e. The van der Waals surface area contributed by atoms with Crippen LogP contribution in [0.3, 0.4) is 0 Å². The summed E-state index contributed by atoms with van der Waals surface area (Å²) in [5.41, 5.74) is 3.23. The molecular weight excluding hydrogens is 454 g/mol. The number of amides is 2. The van der Waals surface area contributed by atoms with Crippen LogP contribution in [0.25, 0.3) is 10.9 Å². The molecule has 0 spiro atoms. The van der Waals surface area contributed by atoms with Crippen molar-refractivity contribution in [2.45, 2.75) is 52.2 Å². The lowest BCUT2D eigenvalue weighted by molar-refractivity contribution is 0.0105. The van der Waals surface area contributed by atoms with E-state index in [0.717, 1.165) is 34.9 Å². The van der Waals surface area contributed by atoms with Crippen molar-refractivity contribution in [2.75, 3.05) is 26.3 Å². The van der Waals surface area contributed by atoms with Crippen LogP contribution in [0.15, 0.2) is 54.7 Å². The summed E-state index contributed by atoms with van der Waals surface area (Å²) >= 11 is 0. The first-order valence-corrected chi connectivity index (χ1v) is 12.7. The summed E-state index contributed by atoms with van der Waals surface area (Å²) in [6.07, 6.45) is 3.45. The maximum atomic E-state index is 13.1. The third-order valence-corrected chi connectivity index (χ3v) is 6.56. The first-order valence-electron chi connectivity index (χ1n) is 12.7. The van der Waals surface area contributed by atoms with Crippen LogP contribution in [-0.4, -0.2) is 53.8 Å². The third-order valence-electron chi connectivity index (χ3n) is 6.56. The van der Waals surface area contributed by atoms with Crippen molar-refractivity contribution in [1.29, 1.82) is 0 Å². The van der Waals surface area contributed by atoms with Gasteiger partial charge in [0.2, 0.25) is 0 Å². The highest BCUT2D eigenvalue weighted by Gasteiger charge is 2.27. The molecule has 7 heteroatoms. The average Bonchev–Trinajstić information content (AvgIpc) is 3.23. The zero-order valence-electron chi connectivity index (χ0n) is 21.7. The van der Waals surface area contributed by atoms with Crippen LogP contribution < -0.4 is 5.32 Å². The van der Waals surface area contributed by atoms with Crippen LogP contribution in [0.2, 0.25) is 0 Å². The number of nitrogens with zero attached hydrogens (tertiary/aromatic N) is 1. The SMILES string of the molecule is Cc1c[nH]c2cc(C(=O)NC(COCC3CCN(C(=O)OC(C)(C)C)CC3)c3ccccc3)ccc12. The normalized spacial score (nSPS) is 15.6. The van der Waals surface area contributed by atoms with Crippen molar-refractivity contribution in [3.63, 3.8) is 0 Å². The van der Waals surface area contributed by atoms with Crippen molar-refractivity contribution >= 4 is 22.9 Å². The number of aromatic amines is 1. The summed E-state index contributed by atoms with van der Waals surface area (Å²) in [5, 5.41) is 4.27. The van der Waals surface area contributed by atoms with Gasteiger partial charge >= 0.3 is 6.09 Å². The minimum absolute atomic E-state index is 0.132. The number of carbonyl (C=O) groups excluding carboxylic acids is 2. The summed E-state index contributed by atoms with van der Waals surface area (Å²) in [6.45, 7) is 10.0. The quantitative estimate of drug-likeness (QED) is 0.450. The number of aromatic nitrogens is 1. The Morgan fingerprint density at radius 2 is 1.83 bits per heavy atom. The Balaban J connectivity index is 1.32. The van der Waals surface area contributed by atoms with Crippen LogP contribution in [0.4, 0.5) is 4.79 Å². The molecule has 2 amide bonds. The molecule has 1 aromatic heterocycles. The smallest absolute Gasteiger partial charge is 0.410 e. The molecule has 1 atom stereocenters. The average molecular weight is 492 g/mol. The molecule has 2 aromatic carbocycles. The number of ether oxygens (including phenoxy) is 2. The zero-order chi connectivity index (χ0) is 25.7. The number of H-pyrrole nitrogens is 1. The van der Waals surface area contributed by atoms with E-state index < -0.39 is 5.60 Å². The van der Waals surface area contributed by atoms with Crippen molar-refractivity contribution in [2.24, 2.45) is 5.92 Å². The molecule has 4 rings (SSSR count). The molecule has 1 saturated heterocycles. The van der Waals surface area contributed by atoms with Gasteiger partial charge in [-0.2, -0.15) is 0 Å². The van der Waals surface area contributed by atoms with Crippen molar-refractivity contribution in [3.8, 4) is 0 Å². The number of fused-ring (bicyclic) bond motifs is 1. The van der Waals surface area contributed by atoms with Gasteiger partial charge in [-0.1, -0.05) is 36.4 Å². The van der Waals surface area contributed by atoms with E-state index >= 15 is 0 Å². The molecule has 0 aliphatic carbocycles. The Morgan fingerprint density at radius 3 is 2.53 bits per heavy atom. The molecule has 1 aliphatic heterocycles. The topological polar surface area (TPSA) is 83.7 Å². The number of benzene rings is 2. The van der Waals surface area contributed by atoms with Gasteiger partial charge in [0.1, 0.15) is 5.60 Å².